The third-order valence-electron chi connectivity index (χ3n) is 1.96. The Bertz CT molecular complexity index is 102. The van der Waals surface area contributed by atoms with Crippen LogP contribution in [0.15, 0.2) is 0 Å². The lowest BCUT2D eigenvalue weighted by atomic mass is 10.2. The van der Waals surface area contributed by atoms with E-state index in [2.05, 4.69) is 39.8 Å². The van der Waals surface area contributed by atoms with Gasteiger partial charge in [-0.25, -0.2) is 0 Å². The molecule has 1 atom stereocenters. The zero-order valence-electron chi connectivity index (χ0n) is 9.13. The molecule has 0 aromatic heterocycles. The minimum Gasteiger partial charge on any atom is -0.380 e. The number of nitrogens with zero attached hydrogens (tertiary/aromatic N) is 1. The van der Waals surface area contributed by atoms with Crippen LogP contribution in [0, 0.1) is 5.92 Å². The molecule has 0 fully saturated rings. The van der Waals surface area contributed by atoms with Crippen molar-refractivity contribution in [3.63, 3.8) is 0 Å². The van der Waals surface area contributed by atoms with E-state index in [9.17, 15) is 0 Å². The monoisotopic (exact) mass is 173 g/mol. The van der Waals surface area contributed by atoms with Gasteiger partial charge in [0.1, 0.15) is 0 Å². The zero-order valence-corrected chi connectivity index (χ0v) is 9.13. The lowest BCUT2D eigenvalue weighted by Gasteiger charge is -2.22. The minimum atomic E-state index is 0.573. The first-order valence-corrected chi connectivity index (χ1v) is 4.82. The minimum absolute atomic E-state index is 0.573. The van der Waals surface area contributed by atoms with E-state index in [1.807, 2.05) is 0 Å². The van der Waals surface area contributed by atoms with E-state index in [1.54, 1.807) is 0 Å². The molecule has 0 saturated heterocycles. The summed E-state index contributed by atoms with van der Waals surface area (Å²) in [5, 5.41) is 0. The summed E-state index contributed by atoms with van der Waals surface area (Å²) in [5.74, 6) is 0.643. The van der Waals surface area contributed by atoms with E-state index < -0.39 is 0 Å². The van der Waals surface area contributed by atoms with Crippen molar-refractivity contribution in [1.82, 2.24) is 4.90 Å². The zero-order chi connectivity index (χ0) is 9.56. The van der Waals surface area contributed by atoms with Crippen molar-refractivity contribution in [3.05, 3.63) is 0 Å². The van der Waals surface area contributed by atoms with Gasteiger partial charge >= 0.3 is 0 Å². The standard InChI is InChI=1S/C10H23NO/c1-6-10(11(4)5)8-12-7-9(2)3/h9-10H,6-8H2,1-5H3/t10-/m0/s1. The Morgan fingerprint density at radius 3 is 2.08 bits per heavy atom. The van der Waals surface area contributed by atoms with Crippen molar-refractivity contribution in [2.75, 3.05) is 27.3 Å². The van der Waals surface area contributed by atoms with Crippen LogP contribution in [0.25, 0.3) is 0 Å². The predicted molar refractivity (Wildman–Crippen MR) is 53.4 cm³/mol. The van der Waals surface area contributed by atoms with Gasteiger partial charge in [-0.1, -0.05) is 20.8 Å². The maximum Gasteiger partial charge on any atom is 0.0621 e. The van der Waals surface area contributed by atoms with Crippen LogP contribution in [0.4, 0.5) is 0 Å². The molecule has 0 amide bonds. The smallest absolute Gasteiger partial charge is 0.0621 e. The van der Waals surface area contributed by atoms with Crippen LogP contribution in [-0.4, -0.2) is 38.3 Å². The Morgan fingerprint density at radius 1 is 1.17 bits per heavy atom. The highest BCUT2D eigenvalue weighted by molar-refractivity contribution is 4.62. The molecule has 0 rings (SSSR count). The topological polar surface area (TPSA) is 12.5 Å². The highest BCUT2D eigenvalue weighted by atomic mass is 16.5. The fourth-order valence-corrected chi connectivity index (χ4v) is 1.07. The molecule has 0 aliphatic carbocycles. The summed E-state index contributed by atoms with van der Waals surface area (Å²) in [5.41, 5.74) is 0. The van der Waals surface area contributed by atoms with Crippen molar-refractivity contribution in [1.29, 1.82) is 0 Å². The average molecular weight is 173 g/mol. The summed E-state index contributed by atoms with van der Waals surface area (Å²) in [4.78, 5) is 2.22. The first-order valence-electron chi connectivity index (χ1n) is 4.82. The van der Waals surface area contributed by atoms with E-state index >= 15 is 0 Å². The van der Waals surface area contributed by atoms with E-state index in [1.165, 1.54) is 0 Å². The van der Waals surface area contributed by atoms with Crippen LogP contribution in [0.3, 0.4) is 0 Å². The normalized spacial score (nSPS) is 14.2. The van der Waals surface area contributed by atoms with Gasteiger partial charge < -0.3 is 9.64 Å². The Kier molecular flexibility index (Phi) is 6.39. The van der Waals surface area contributed by atoms with Crippen molar-refractivity contribution < 1.29 is 4.74 Å². The Hall–Kier alpha value is -0.0800. The van der Waals surface area contributed by atoms with E-state index in [4.69, 9.17) is 4.74 Å². The summed E-state index contributed by atoms with van der Waals surface area (Å²) in [6, 6.07) is 0.573. The van der Waals surface area contributed by atoms with Crippen LogP contribution in [0.1, 0.15) is 27.2 Å². The van der Waals surface area contributed by atoms with E-state index in [0.717, 1.165) is 19.6 Å². The molecule has 2 heteroatoms. The van der Waals surface area contributed by atoms with Crippen molar-refractivity contribution in [2.45, 2.75) is 33.2 Å². The lowest BCUT2D eigenvalue weighted by Crippen LogP contribution is -2.32. The fourth-order valence-electron chi connectivity index (χ4n) is 1.07. The molecule has 0 bridgehead atoms. The molecule has 0 heterocycles. The van der Waals surface area contributed by atoms with Crippen LogP contribution in [0.2, 0.25) is 0 Å². The average Bonchev–Trinajstić information content (AvgIpc) is 1.96. The van der Waals surface area contributed by atoms with Gasteiger partial charge in [0, 0.05) is 12.6 Å². The highest BCUT2D eigenvalue weighted by Gasteiger charge is 2.08. The second-order valence-electron chi connectivity index (χ2n) is 3.96. The van der Waals surface area contributed by atoms with E-state index in [0.29, 0.717) is 12.0 Å². The molecule has 74 valence electrons. The number of ether oxygens (including phenoxy) is 1. The van der Waals surface area contributed by atoms with Gasteiger partial charge in [0.25, 0.3) is 0 Å². The molecule has 12 heavy (non-hydrogen) atoms. The summed E-state index contributed by atoms with van der Waals surface area (Å²) < 4.78 is 5.57. The van der Waals surface area contributed by atoms with Crippen molar-refractivity contribution in [2.24, 2.45) is 5.92 Å². The fraction of sp³-hybridized carbons (Fsp3) is 1.00. The molecule has 2 nitrogen and oxygen atoms in total. The number of hydrogen-bond donors (Lipinski definition) is 0. The molecule has 0 N–H and O–H groups in total. The molecule has 0 saturated carbocycles. The van der Waals surface area contributed by atoms with Gasteiger partial charge in [0.2, 0.25) is 0 Å². The third-order valence-corrected chi connectivity index (χ3v) is 1.96. The molecule has 0 aromatic rings. The quantitative estimate of drug-likeness (QED) is 0.609. The first kappa shape index (κ1) is 11.9. The molecule has 0 radical (unpaired) electrons. The van der Waals surface area contributed by atoms with Crippen LogP contribution in [-0.2, 0) is 4.74 Å². The van der Waals surface area contributed by atoms with Gasteiger partial charge in [0.15, 0.2) is 0 Å². The summed E-state index contributed by atoms with van der Waals surface area (Å²) >= 11 is 0. The molecule has 0 aromatic carbocycles. The van der Waals surface area contributed by atoms with Crippen LogP contribution >= 0.6 is 0 Å². The SMILES string of the molecule is CC[C@@H](COCC(C)C)N(C)C. The van der Waals surface area contributed by atoms with Gasteiger partial charge in [-0.3, -0.25) is 0 Å². The maximum absolute atomic E-state index is 5.57. The Labute approximate surface area is 76.9 Å². The first-order chi connectivity index (χ1) is 5.57. The molecule has 0 aliphatic heterocycles. The maximum atomic E-state index is 5.57. The molecular formula is C10H23NO. The molecule has 0 aliphatic rings. The number of likely N-dealkylation sites (N-methyl/N-ethyl adjacent to an activating group) is 1. The summed E-state index contributed by atoms with van der Waals surface area (Å²) in [7, 11) is 4.21. The van der Waals surface area contributed by atoms with Crippen LogP contribution < -0.4 is 0 Å². The van der Waals surface area contributed by atoms with Gasteiger partial charge in [-0.15, -0.1) is 0 Å². The summed E-state index contributed by atoms with van der Waals surface area (Å²) in [6.45, 7) is 8.29. The lowest BCUT2D eigenvalue weighted by molar-refractivity contribution is 0.0619. The van der Waals surface area contributed by atoms with Gasteiger partial charge in [0.05, 0.1) is 6.61 Å². The van der Waals surface area contributed by atoms with Gasteiger partial charge in [-0.05, 0) is 26.4 Å². The van der Waals surface area contributed by atoms with Crippen molar-refractivity contribution >= 4 is 0 Å². The second kappa shape index (κ2) is 6.44. The molecule has 0 spiro atoms. The molecular weight excluding hydrogens is 150 g/mol. The molecule has 0 unspecified atom stereocenters. The van der Waals surface area contributed by atoms with Crippen molar-refractivity contribution in [3.8, 4) is 0 Å². The second-order valence-corrected chi connectivity index (χ2v) is 3.96. The summed E-state index contributed by atoms with van der Waals surface area (Å²) in [6.07, 6.45) is 1.16. The number of hydrogen-bond acceptors (Lipinski definition) is 2. The predicted octanol–water partition coefficient (Wildman–Crippen LogP) is 2.00. The Balaban J connectivity index is 3.45. The van der Waals surface area contributed by atoms with Crippen LogP contribution in [0.5, 0.6) is 0 Å². The largest absolute Gasteiger partial charge is 0.380 e. The van der Waals surface area contributed by atoms with E-state index in [-0.39, 0.29) is 0 Å². The van der Waals surface area contributed by atoms with Gasteiger partial charge in [-0.2, -0.15) is 0 Å². The third kappa shape index (κ3) is 5.56. The highest BCUT2D eigenvalue weighted by Crippen LogP contribution is 2.01. The Morgan fingerprint density at radius 2 is 1.75 bits per heavy atom. The number of rotatable bonds is 6.